The summed E-state index contributed by atoms with van der Waals surface area (Å²) in [4.78, 5) is 14.1. The molecule has 7 heteroatoms. The molecule has 0 N–H and O–H groups in total. The van der Waals surface area contributed by atoms with Gasteiger partial charge in [-0.15, -0.1) is 0 Å². The molecule has 0 saturated carbocycles. The zero-order chi connectivity index (χ0) is 14.2. The van der Waals surface area contributed by atoms with Gasteiger partial charge in [-0.05, 0) is 29.5 Å². The second-order valence-electron chi connectivity index (χ2n) is 4.50. The van der Waals surface area contributed by atoms with Crippen LogP contribution in [-0.2, 0) is 20.6 Å². The van der Waals surface area contributed by atoms with E-state index in [1.54, 1.807) is 36.1 Å². The Morgan fingerprint density at radius 1 is 1.32 bits per heavy atom. The highest BCUT2D eigenvalue weighted by Crippen LogP contribution is 2.15. The average molecular weight is 373 g/mol. The van der Waals surface area contributed by atoms with Gasteiger partial charge in [0.15, 0.2) is 0 Å². The molecule has 2 rings (SSSR count). The maximum absolute atomic E-state index is 12.4. The molecule has 102 valence electrons. The van der Waals surface area contributed by atoms with Gasteiger partial charge in [0, 0.05) is 38.9 Å². The van der Waals surface area contributed by atoms with Crippen molar-refractivity contribution in [3.05, 3.63) is 32.9 Å². The number of amides is 1. The van der Waals surface area contributed by atoms with Crippen LogP contribution in [0.4, 0.5) is 0 Å². The third-order valence-corrected chi connectivity index (χ3v) is 3.98. The van der Waals surface area contributed by atoms with Gasteiger partial charge in [-0.25, -0.2) is 0 Å². The van der Waals surface area contributed by atoms with Crippen LogP contribution < -0.4 is 0 Å². The van der Waals surface area contributed by atoms with E-state index in [-0.39, 0.29) is 5.91 Å². The maximum Gasteiger partial charge on any atom is 0.273 e. The molecule has 2 aromatic heterocycles. The van der Waals surface area contributed by atoms with Gasteiger partial charge < -0.3 is 4.90 Å². The molecule has 6 nitrogen and oxygen atoms in total. The second kappa shape index (κ2) is 5.32. The fourth-order valence-corrected chi connectivity index (χ4v) is 2.56. The van der Waals surface area contributed by atoms with Crippen LogP contribution in [0.15, 0.2) is 12.4 Å². The van der Waals surface area contributed by atoms with Gasteiger partial charge in [0.25, 0.3) is 5.91 Å². The minimum Gasteiger partial charge on any atom is -0.336 e. The maximum atomic E-state index is 12.4. The van der Waals surface area contributed by atoms with Gasteiger partial charge in [-0.1, -0.05) is 0 Å². The monoisotopic (exact) mass is 373 g/mol. The molecule has 2 aromatic rings. The van der Waals surface area contributed by atoms with Crippen molar-refractivity contribution in [1.29, 1.82) is 0 Å². The first-order valence-corrected chi connectivity index (χ1v) is 6.90. The van der Waals surface area contributed by atoms with Crippen molar-refractivity contribution in [2.45, 2.75) is 13.5 Å². The Hall–Kier alpha value is -1.38. The molecule has 0 aliphatic rings. The fraction of sp³-hybridized carbons (Fsp3) is 0.417. The first-order valence-electron chi connectivity index (χ1n) is 5.82. The largest absolute Gasteiger partial charge is 0.336 e. The summed E-state index contributed by atoms with van der Waals surface area (Å²) >= 11 is 2.12. The van der Waals surface area contributed by atoms with E-state index in [0.29, 0.717) is 12.2 Å². The summed E-state index contributed by atoms with van der Waals surface area (Å²) in [6, 6.07) is 0. The Morgan fingerprint density at radius 2 is 1.95 bits per heavy atom. The lowest BCUT2D eigenvalue weighted by atomic mass is 10.2. The summed E-state index contributed by atoms with van der Waals surface area (Å²) in [5.74, 6) is -0.0346. The number of nitrogens with zero attached hydrogens (tertiary/aromatic N) is 5. The lowest BCUT2D eigenvalue weighted by Crippen LogP contribution is -2.28. The molecule has 0 aliphatic carbocycles. The van der Waals surface area contributed by atoms with E-state index in [9.17, 15) is 4.79 Å². The summed E-state index contributed by atoms with van der Waals surface area (Å²) in [5, 5.41) is 8.28. The Morgan fingerprint density at radius 3 is 2.42 bits per heavy atom. The lowest BCUT2D eigenvalue weighted by molar-refractivity contribution is 0.0773. The summed E-state index contributed by atoms with van der Waals surface area (Å²) in [6.07, 6.45) is 3.49. The van der Waals surface area contributed by atoms with E-state index < -0.39 is 0 Å². The van der Waals surface area contributed by atoms with E-state index in [2.05, 4.69) is 32.8 Å². The fourth-order valence-electron chi connectivity index (χ4n) is 1.86. The molecule has 0 spiro atoms. The van der Waals surface area contributed by atoms with Crippen molar-refractivity contribution < 1.29 is 4.79 Å². The number of rotatable bonds is 3. The zero-order valence-electron chi connectivity index (χ0n) is 11.4. The van der Waals surface area contributed by atoms with Crippen LogP contribution in [0.5, 0.6) is 0 Å². The average Bonchev–Trinajstić information content (AvgIpc) is 2.85. The van der Waals surface area contributed by atoms with Crippen LogP contribution >= 0.6 is 22.6 Å². The van der Waals surface area contributed by atoms with Crippen molar-refractivity contribution in [2.75, 3.05) is 7.05 Å². The van der Waals surface area contributed by atoms with Gasteiger partial charge in [0.2, 0.25) is 0 Å². The van der Waals surface area contributed by atoms with Crippen LogP contribution in [0, 0.1) is 10.5 Å². The Balaban J connectivity index is 2.19. The van der Waals surface area contributed by atoms with Crippen LogP contribution in [0.1, 0.15) is 21.7 Å². The Bertz CT molecular complexity index is 596. The quantitative estimate of drug-likeness (QED) is 0.764. The van der Waals surface area contributed by atoms with E-state index in [1.807, 2.05) is 18.7 Å². The molecule has 0 saturated heterocycles. The first kappa shape index (κ1) is 14.0. The smallest absolute Gasteiger partial charge is 0.273 e. The third kappa shape index (κ3) is 2.65. The lowest BCUT2D eigenvalue weighted by Gasteiger charge is -2.17. The number of halogens is 1. The van der Waals surface area contributed by atoms with Crippen molar-refractivity contribution >= 4 is 28.5 Å². The predicted molar refractivity (Wildman–Crippen MR) is 79.7 cm³/mol. The molecule has 1 amide bonds. The number of carbonyl (C=O) groups is 1. The van der Waals surface area contributed by atoms with Crippen molar-refractivity contribution in [2.24, 2.45) is 14.1 Å². The molecule has 0 bridgehead atoms. The van der Waals surface area contributed by atoms with Crippen LogP contribution in [-0.4, -0.2) is 37.4 Å². The molecule has 0 fully saturated rings. The van der Waals surface area contributed by atoms with Crippen LogP contribution in [0.2, 0.25) is 0 Å². The SMILES string of the molecule is Cc1c(CN(C)C(=O)c2c(I)cnn2C)cnn1C. The summed E-state index contributed by atoms with van der Waals surface area (Å²) in [6.45, 7) is 2.54. The van der Waals surface area contributed by atoms with E-state index >= 15 is 0 Å². The second-order valence-corrected chi connectivity index (χ2v) is 5.67. The number of aryl methyl sites for hydroxylation is 2. The summed E-state index contributed by atoms with van der Waals surface area (Å²) in [7, 11) is 5.46. The van der Waals surface area contributed by atoms with Gasteiger partial charge in [-0.3, -0.25) is 14.2 Å². The molecule has 0 atom stereocenters. The van der Waals surface area contributed by atoms with Gasteiger partial charge in [0.1, 0.15) is 5.69 Å². The minimum atomic E-state index is -0.0346. The number of hydrogen-bond donors (Lipinski definition) is 0. The summed E-state index contributed by atoms with van der Waals surface area (Å²) < 4.78 is 4.28. The van der Waals surface area contributed by atoms with Crippen LogP contribution in [0.25, 0.3) is 0 Å². The topological polar surface area (TPSA) is 56.0 Å². The standard InChI is InChI=1S/C12H16IN5O/c1-8-9(5-14-17(8)3)7-16(2)12(19)11-10(13)6-15-18(11)4/h5-6H,7H2,1-4H3. The molecule has 0 aliphatic heterocycles. The van der Waals surface area contributed by atoms with Gasteiger partial charge in [0.05, 0.1) is 16.0 Å². The molecule has 19 heavy (non-hydrogen) atoms. The van der Waals surface area contributed by atoms with Crippen molar-refractivity contribution in [1.82, 2.24) is 24.5 Å². The number of aromatic nitrogens is 4. The number of hydrogen-bond acceptors (Lipinski definition) is 3. The molecule has 0 unspecified atom stereocenters. The highest BCUT2D eigenvalue weighted by atomic mass is 127. The molecule has 0 radical (unpaired) electrons. The predicted octanol–water partition coefficient (Wildman–Crippen LogP) is 1.34. The van der Waals surface area contributed by atoms with Crippen LogP contribution in [0.3, 0.4) is 0 Å². The Kier molecular flexibility index (Phi) is 3.93. The highest BCUT2D eigenvalue weighted by molar-refractivity contribution is 14.1. The summed E-state index contributed by atoms with van der Waals surface area (Å²) in [5.41, 5.74) is 2.74. The van der Waals surface area contributed by atoms with E-state index in [0.717, 1.165) is 14.8 Å². The van der Waals surface area contributed by atoms with E-state index in [1.165, 1.54) is 0 Å². The number of carbonyl (C=O) groups excluding carboxylic acids is 1. The first-order chi connectivity index (χ1) is 8.91. The zero-order valence-corrected chi connectivity index (χ0v) is 13.5. The molecular formula is C12H16IN5O. The van der Waals surface area contributed by atoms with Gasteiger partial charge >= 0.3 is 0 Å². The Labute approximate surface area is 125 Å². The third-order valence-electron chi connectivity index (χ3n) is 3.19. The molecule has 0 aromatic carbocycles. The minimum absolute atomic E-state index is 0.0346. The van der Waals surface area contributed by atoms with Crippen molar-refractivity contribution in [3.63, 3.8) is 0 Å². The van der Waals surface area contributed by atoms with Gasteiger partial charge in [-0.2, -0.15) is 10.2 Å². The normalized spacial score (nSPS) is 10.8. The van der Waals surface area contributed by atoms with E-state index in [4.69, 9.17) is 0 Å². The van der Waals surface area contributed by atoms with Crippen molar-refractivity contribution in [3.8, 4) is 0 Å². The highest BCUT2D eigenvalue weighted by Gasteiger charge is 2.20. The molecular weight excluding hydrogens is 357 g/mol. The molecule has 2 heterocycles.